The monoisotopic (exact) mass is 263 g/mol. The molecule has 0 aliphatic heterocycles. The molecule has 88 valence electrons. The average Bonchev–Trinajstić information content (AvgIpc) is 2.77. The number of thiophene rings is 1. The van der Waals surface area contributed by atoms with Gasteiger partial charge in [-0.1, -0.05) is 35.9 Å². The van der Waals surface area contributed by atoms with E-state index in [4.69, 9.17) is 17.3 Å². The van der Waals surface area contributed by atoms with Gasteiger partial charge < -0.3 is 5.73 Å². The molecule has 1 aromatic heterocycles. The molecule has 2 aromatic rings. The van der Waals surface area contributed by atoms with Crippen LogP contribution in [0.4, 0.5) is 0 Å². The first-order valence-electron chi connectivity index (χ1n) is 5.82. The topological polar surface area (TPSA) is 26.0 Å². The molecule has 0 spiro atoms. The summed E-state index contributed by atoms with van der Waals surface area (Å²) in [6.07, 6.45) is 3.23. The fraction of sp³-hybridized carbons (Fsp3) is 0.286. The summed E-state index contributed by atoms with van der Waals surface area (Å²) in [5, 5.41) is 2.82. The number of benzene rings is 1. The zero-order valence-electron chi connectivity index (χ0n) is 9.45. The van der Waals surface area contributed by atoms with E-state index >= 15 is 0 Å². The molecule has 1 unspecified atom stereocenters. The second-order valence-electron chi connectivity index (χ2n) is 4.58. The highest BCUT2D eigenvalue weighted by Gasteiger charge is 2.36. The molecule has 1 aliphatic rings. The second kappa shape index (κ2) is 4.13. The van der Waals surface area contributed by atoms with Gasteiger partial charge in [0.2, 0.25) is 0 Å². The van der Waals surface area contributed by atoms with Crippen LogP contribution in [0.5, 0.6) is 0 Å². The van der Waals surface area contributed by atoms with Gasteiger partial charge in [0.25, 0.3) is 0 Å². The van der Waals surface area contributed by atoms with Crippen molar-refractivity contribution in [1.29, 1.82) is 0 Å². The van der Waals surface area contributed by atoms with E-state index < -0.39 is 0 Å². The summed E-state index contributed by atoms with van der Waals surface area (Å²) in [6, 6.07) is 10.4. The minimum absolute atomic E-state index is 0.389. The lowest BCUT2D eigenvalue weighted by atomic mass is 9.76. The molecule has 0 saturated heterocycles. The van der Waals surface area contributed by atoms with Crippen LogP contribution >= 0.6 is 22.9 Å². The van der Waals surface area contributed by atoms with Crippen LogP contribution in [0.15, 0.2) is 35.7 Å². The quantitative estimate of drug-likeness (QED) is 0.829. The number of hydrogen-bond acceptors (Lipinski definition) is 2. The van der Waals surface area contributed by atoms with E-state index in [-0.39, 0.29) is 5.54 Å². The first kappa shape index (κ1) is 11.3. The SMILES string of the molecule is NC1(c2sccc2Cl)CCCc2ccccc21. The van der Waals surface area contributed by atoms with Crippen molar-refractivity contribution in [2.45, 2.75) is 24.8 Å². The van der Waals surface area contributed by atoms with E-state index in [0.29, 0.717) is 0 Å². The third-order valence-electron chi connectivity index (χ3n) is 3.54. The van der Waals surface area contributed by atoms with Gasteiger partial charge in [0, 0.05) is 4.88 Å². The molecule has 1 aromatic carbocycles. The number of fused-ring (bicyclic) bond motifs is 1. The molecular formula is C14H14ClNS. The molecule has 1 aliphatic carbocycles. The highest BCUT2D eigenvalue weighted by molar-refractivity contribution is 7.10. The predicted molar refractivity (Wildman–Crippen MR) is 73.7 cm³/mol. The summed E-state index contributed by atoms with van der Waals surface area (Å²) in [5.41, 5.74) is 8.89. The zero-order chi connectivity index (χ0) is 11.9. The Morgan fingerprint density at radius 2 is 2.06 bits per heavy atom. The van der Waals surface area contributed by atoms with Crippen molar-refractivity contribution in [3.63, 3.8) is 0 Å². The minimum Gasteiger partial charge on any atom is -0.317 e. The summed E-state index contributed by atoms with van der Waals surface area (Å²) in [7, 11) is 0. The number of nitrogens with two attached hydrogens (primary N) is 1. The van der Waals surface area contributed by atoms with Crippen LogP contribution in [0.25, 0.3) is 0 Å². The summed E-state index contributed by atoms with van der Waals surface area (Å²) < 4.78 is 0. The van der Waals surface area contributed by atoms with Crippen molar-refractivity contribution in [1.82, 2.24) is 0 Å². The summed E-state index contributed by atoms with van der Waals surface area (Å²) in [6.45, 7) is 0. The predicted octanol–water partition coefficient (Wildman–Crippen LogP) is 3.94. The van der Waals surface area contributed by atoms with E-state index in [9.17, 15) is 0 Å². The number of hydrogen-bond donors (Lipinski definition) is 1. The Bertz CT molecular complexity index is 549. The molecule has 3 heteroatoms. The number of aryl methyl sites for hydroxylation is 1. The van der Waals surface area contributed by atoms with Gasteiger partial charge in [-0.05, 0) is 41.8 Å². The lowest BCUT2D eigenvalue weighted by molar-refractivity contribution is 0.450. The maximum Gasteiger partial charge on any atom is 0.0777 e. The maximum absolute atomic E-state index is 6.66. The van der Waals surface area contributed by atoms with E-state index in [1.54, 1.807) is 11.3 Å². The summed E-state index contributed by atoms with van der Waals surface area (Å²) in [5.74, 6) is 0. The highest BCUT2D eigenvalue weighted by Crippen LogP contribution is 2.43. The van der Waals surface area contributed by atoms with Crippen LogP contribution in [0, 0.1) is 0 Å². The van der Waals surface area contributed by atoms with Crippen molar-refractivity contribution >= 4 is 22.9 Å². The van der Waals surface area contributed by atoms with Crippen LogP contribution in [0.1, 0.15) is 28.8 Å². The number of halogens is 1. The van der Waals surface area contributed by atoms with Gasteiger partial charge >= 0.3 is 0 Å². The summed E-state index contributed by atoms with van der Waals surface area (Å²) >= 11 is 7.92. The van der Waals surface area contributed by atoms with Gasteiger partial charge in [-0.3, -0.25) is 0 Å². The Hall–Kier alpha value is -0.830. The number of rotatable bonds is 1. The molecule has 1 heterocycles. The fourth-order valence-electron chi connectivity index (χ4n) is 2.71. The Morgan fingerprint density at radius 1 is 1.24 bits per heavy atom. The van der Waals surface area contributed by atoms with Gasteiger partial charge in [-0.25, -0.2) is 0 Å². The molecule has 0 amide bonds. The van der Waals surface area contributed by atoms with Crippen LogP contribution in [-0.4, -0.2) is 0 Å². The molecule has 0 radical (unpaired) electrons. The first-order chi connectivity index (χ1) is 8.22. The second-order valence-corrected chi connectivity index (χ2v) is 5.90. The van der Waals surface area contributed by atoms with Gasteiger partial charge in [0.1, 0.15) is 0 Å². The zero-order valence-corrected chi connectivity index (χ0v) is 11.0. The van der Waals surface area contributed by atoms with Crippen molar-refractivity contribution in [2.24, 2.45) is 5.73 Å². The largest absolute Gasteiger partial charge is 0.317 e. The van der Waals surface area contributed by atoms with Gasteiger partial charge in [-0.15, -0.1) is 11.3 Å². The molecule has 17 heavy (non-hydrogen) atoms. The van der Waals surface area contributed by atoms with Crippen molar-refractivity contribution in [2.75, 3.05) is 0 Å². The van der Waals surface area contributed by atoms with Gasteiger partial charge in [-0.2, -0.15) is 0 Å². The molecule has 3 rings (SSSR count). The third kappa shape index (κ3) is 1.71. The maximum atomic E-state index is 6.66. The van der Waals surface area contributed by atoms with E-state index in [2.05, 4.69) is 24.3 Å². The van der Waals surface area contributed by atoms with Crippen molar-refractivity contribution in [3.05, 3.63) is 56.7 Å². The molecule has 0 fully saturated rings. The molecule has 2 N–H and O–H groups in total. The molecule has 1 atom stereocenters. The van der Waals surface area contributed by atoms with Gasteiger partial charge in [0.15, 0.2) is 0 Å². The van der Waals surface area contributed by atoms with Crippen molar-refractivity contribution < 1.29 is 0 Å². The van der Waals surface area contributed by atoms with Crippen LogP contribution in [0.3, 0.4) is 0 Å². The van der Waals surface area contributed by atoms with Crippen LogP contribution in [-0.2, 0) is 12.0 Å². The molecule has 1 nitrogen and oxygen atoms in total. The highest BCUT2D eigenvalue weighted by atomic mass is 35.5. The normalized spacial score (nSPS) is 23.4. The van der Waals surface area contributed by atoms with Crippen LogP contribution < -0.4 is 5.73 Å². The van der Waals surface area contributed by atoms with Crippen LogP contribution in [0.2, 0.25) is 5.02 Å². The minimum atomic E-state index is -0.389. The Labute approximate surface area is 110 Å². The molecule has 0 saturated carbocycles. The third-order valence-corrected chi connectivity index (χ3v) is 5.06. The Balaban J connectivity index is 2.19. The lowest BCUT2D eigenvalue weighted by Gasteiger charge is -2.35. The Kier molecular flexibility index (Phi) is 2.74. The van der Waals surface area contributed by atoms with E-state index in [0.717, 1.165) is 29.2 Å². The van der Waals surface area contributed by atoms with E-state index in [1.807, 2.05) is 11.4 Å². The average molecular weight is 264 g/mol. The fourth-order valence-corrected chi connectivity index (χ4v) is 4.10. The summed E-state index contributed by atoms with van der Waals surface area (Å²) in [4.78, 5) is 1.10. The Morgan fingerprint density at radius 3 is 2.82 bits per heavy atom. The lowest BCUT2D eigenvalue weighted by Crippen LogP contribution is -2.40. The molecular weight excluding hydrogens is 250 g/mol. The first-order valence-corrected chi connectivity index (χ1v) is 7.08. The van der Waals surface area contributed by atoms with Gasteiger partial charge in [0.05, 0.1) is 10.6 Å². The van der Waals surface area contributed by atoms with E-state index in [1.165, 1.54) is 11.1 Å². The van der Waals surface area contributed by atoms with Crippen molar-refractivity contribution in [3.8, 4) is 0 Å². The standard InChI is InChI=1S/C14H14ClNS/c15-12-7-9-17-13(12)14(16)8-3-5-10-4-1-2-6-11(10)14/h1-2,4,6-7,9H,3,5,8,16H2. The smallest absolute Gasteiger partial charge is 0.0777 e. The molecule has 0 bridgehead atoms.